The van der Waals surface area contributed by atoms with E-state index in [4.69, 9.17) is 4.98 Å². The lowest BCUT2D eigenvalue weighted by Crippen LogP contribution is -2.34. The molecule has 166 valence electrons. The van der Waals surface area contributed by atoms with Crippen molar-refractivity contribution in [3.63, 3.8) is 0 Å². The second kappa shape index (κ2) is 10.3. The molecule has 0 radical (unpaired) electrons. The zero-order chi connectivity index (χ0) is 22.5. The van der Waals surface area contributed by atoms with Gasteiger partial charge in [0.1, 0.15) is 5.82 Å². The molecule has 0 aliphatic carbocycles. The zero-order valence-electron chi connectivity index (χ0n) is 18.1. The summed E-state index contributed by atoms with van der Waals surface area (Å²) in [5.41, 5.74) is 3.27. The number of rotatable bonds is 9. The molecule has 0 fully saturated rings. The summed E-state index contributed by atoms with van der Waals surface area (Å²) in [4.78, 5) is 20.8. The van der Waals surface area contributed by atoms with E-state index in [-0.39, 0.29) is 11.7 Å². The van der Waals surface area contributed by atoms with Gasteiger partial charge in [-0.1, -0.05) is 17.4 Å². The molecule has 0 aliphatic rings. The van der Waals surface area contributed by atoms with Gasteiger partial charge in [-0.3, -0.25) is 14.4 Å². The molecule has 0 N–H and O–H groups in total. The summed E-state index contributed by atoms with van der Waals surface area (Å²) in [5, 5.41) is 4.99. The fraction of sp³-hybridized carbons (Fsp3) is 0.292. The number of nitrogens with zero attached hydrogens (tertiary/aromatic N) is 4. The van der Waals surface area contributed by atoms with Crippen molar-refractivity contribution >= 4 is 44.4 Å². The van der Waals surface area contributed by atoms with E-state index in [1.807, 2.05) is 16.9 Å². The molecule has 0 saturated heterocycles. The molecule has 32 heavy (non-hydrogen) atoms. The highest BCUT2D eigenvalue weighted by molar-refractivity contribution is 7.99. The average molecular weight is 469 g/mol. The summed E-state index contributed by atoms with van der Waals surface area (Å²) < 4.78 is 16.0. The first kappa shape index (κ1) is 22.5. The number of fused-ring (bicyclic) bond motifs is 1. The minimum Gasteiger partial charge on any atom is -0.286 e. The third-order valence-electron chi connectivity index (χ3n) is 5.08. The topological polar surface area (TPSA) is 51.0 Å². The van der Waals surface area contributed by atoms with Crippen molar-refractivity contribution in [3.05, 3.63) is 71.8 Å². The van der Waals surface area contributed by atoms with E-state index in [2.05, 4.69) is 31.1 Å². The van der Waals surface area contributed by atoms with Gasteiger partial charge in [-0.05, 0) is 73.5 Å². The summed E-state index contributed by atoms with van der Waals surface area (Å²) in [6.07, 6.45) is 4.81. The van der Waals surface area contributed by atoms with Crippen molar-refractivity contribution in [2.24, 2.45) is 0 Å². The molecule has 0 saturated carbocycles. The number of halogens is 1. The Hall–Kier alpha value is -2.71. The van der Waals surface area contributed by atoms with Crippen molar-refractivity contribution in [1.82, 2.24) is 14.8 Å². The van der Waals surface area contributed by atoms with E-state index >= 15 is 0 Å². The number of benzene rings is 2. The van der Waals surface area contributed by atoms with E-state index < -0.39 is 0 Å². The van der Waals surface area contributed by atoms with Crippen molar-refractivity contribution in [3.8, 4) is 0 Å². The minimum atomic E-state index is -0.237. The summed E-state index contributed by atoms with van der Waals surface area (Å²) in [6, 6.07) is 12.6. The number of hydrogen-bond acceptors (Lipinski definition) is 5. The minimum absolute atomic E-state index is 0.0605. The Bertz CT molecular complexity index is 1190. The monoisotopic (exact) mass is 468 g/mol. The van der Waals surface area contributed by atoms with Crippen LogP contribution in [0.25, 0.3) is 10.2 Å². The van der Waals surface area contributed by atoms with Crippen LogP contribution in [0, 0.1) is 19.7 Å². The fourth-order valence-corrected chi connectivity index (χ4v) is 5.55. The van der Waals surface area contributed by atoms with Crippen LogP contribution in [0.1, 0.15) is 24.0 Å². The van der Waals surface area contributed by atoms with Gasteiger partial charge in [-0.25, -0.2) is 9.37 Å². The average Bonchev–Trinajstić information content (AvgIpc) is 3.43. The van der Waals surface area contributed by atoms with Crippen LogP contribution >= 0.6 is 23.1 Å². The number of carbonyl (C=O) groups is 1. The molecule has 4 rings (SSSR count). The number of thioether (sulfide) groups is 1. The number of carbonyl (C=O) groups excluding carboxylic acids is 1. The summed E-state index contributed by atoms with van der Waals surface area (Å²) >= 11 is 3.19. The van der Waals surface area contributed by atoms with Gasteiger partial charge < -0.3 is 0 Å². The second-order valence-corrected chi connectivity index (χ2v) is 9.82. The molecule has 2 aromatic carbocycles. The predicted octanol–water partition coefficient (Wildman–Crippen LogP) is 5.85. The van der Waals surface area contributed by atoms with Gasteiger partial charge in [0.2, 0.25) is 5.91 Å². The van der Waals surface area contributed by atoms with Crippen LogP contribution < -0.4 is 4.90 Å². The Labute approximate surface area is 195 Å². The van der Waals surface area contributed by atoms with Gasteiger partial charge in [-0.2, -0.15) is 5.10 Å². The molecule has 2 heterocycles. The lowest BCUT2D eigenvalue weighted by atomic mass is 10.1. The molecule has 5 nitrogen and oxygen atoms in total. The third-order valence-corrected chi connectivity index (χ3v) is 7.20. The molecule has 0 spiro atoms. The predicted molar refractivity (Wildman–Crippen MR) is 130 cm³/mol. The van der Waals surface area contributed by atoms with Crippen LogP contribution in [-0.2, 0) is 11.3 Å². The Morgan fingerprint density at radius 3 is 2.78 bits per heavy atom. The van der Waals surface area contributed by atoms with Gasteiger partial charge in [0.25, 0.3) is 0 Å². The van der Waals surface area contributed by atoms with Crippen LogP contribution in [0.4, 0.5) is 9.52 Å². The highest BCUT2D eigenvalue weighted by Crippen LogP contribution is 2.32. The van der Waals surface area contributed by atoms with E-state index in [1.165, 1.54) is 17.7 Å². The lowest BCUT2D eigenvalue weighted by Gasteiger charge is -2.20. The first-order valence-electron chi connectivity index (χ1n) is 10.5. The quantitative estimate of drug-likeness (QED) is 0.228. The van der Waals surface area contributed by atoms with Crippen molar-refractivity contribution < 1.29 is 9.18 Å². The largest absolute Gasteiger partial charge is 0.286 e. The SMILES string of the molecule is Cc1cc(C)c2nc(N(CCn3cccn3)C(=O)CCCSc3ccc(F)cc3)sc2c1. The first-order valence-corrected chi connectivity index (χ1v) is 12.3. The Kier molecular flexibility index (Phi) is 7.22. The molecule has 2 aromatic heterocycles. The Morgan fingerprint density at radius 1 is 1.22 bits per heavy atom. The van der Waals surface area contributed by atoms with E-state index in [0.717, 1.165) is 38.0 Å². The maximum atomic E-state index is 13.2. The maximum absolute atomic E-state index is 13.2. The maximum Gasteiger partial charge on any atom is 0.228 e. The normalized spacial score (nSPS) is 11.2. The molecule has 1 amide bonds. The summed E-state index contributed by atoms with van der Waals surface area (Å²) in [7, 11) is 0. The highest BCUT2D eigenvalue weighted by atomic mass is 32.2. The van der Waals surface area contributed by atoms with E-state index in [1.54, 1.807) is 46.3 Å². The standard InChI is InChI=1S/C24H25FN4OS2/c1-17-15-18(2)23-21(16-17)32-24(27-23)29(13-12-28-11-4-10-26-28)22(30)5-3-14-31-20-8-6-19(25)7-9-20/h4,6-11,15-16H,3,5,12-14H2,1-2H3. The Morgan fingerprint density at radius 2 is 2.03 bits per heavy atom. The second-order valence-electron chi connectivity index (χ2n) is 7.65. The van der Waals surface area contributed by atoms with Gasteiger partial charge in [0.15, 0.2) is 5.13 Å². The van der Waals surface area contributed by atoms with Crippen LogP contribution in [0.2, 0.25) is 0 Å². The van der Waals surface area contributed by atoms with Gasteiger partial charge in [0.05, 0.1) is 16.8 Å². The molecular formula is C24H25FN4OS2. The Balaban J connectivity index is 1.45. The fourth-order valence-electron chi connectivity index (χ4n) is 3.52. The van der Waals surface area contributed by atoms with Crippen LogP contribution in [0.5, 0.6) is 0 Å². The highest BCUT2D eigenvalue weighted by Gasteiger charge is 2.20. The van der Waals surface area contributed by atoms with Crippen LogP contribution in [0.3, 0.4) is 0 Å². The third kappa shape index (κ3) is 5.55. The molecule has 8 heteroatoms. The molecule has 0 bridgehead atoms. The van der Waals surface area contributed by atoms with Crippen molar-refractivity contribution in [1.29, 1.82) is 0 Å². The van der Waals surface area contributed by atoms with Crippen LogP contribution in [-0.4, -0.2) is 33.0 Å². The smallest absolute Gasteiger partial charge is 0.228 e. The van der Waals surface area contributed by atoms with Gasteiger partial charge >= 0.3 is 0 Å². The molecule has 0 atom stereocenters. The zero-order valence-corrected chi connectivity index (χ0v) is 19.8. The summed E-state index contributed by atoms with van der Waals surface area (Å²) in [5.74, 6) is 0.617. The van der Waals surface area contributed by atoms with E-state index in [0.29, 0.717) is 19.5 Å². The van der Waals surface area contributed by atoms with Crippen LogP contribution in [0.15, 0.2) is 59.8 Å². The molecular weight excluding hydrogens is 443 g/mol. The summed E-state index contributed by atoms with van der Waals surface area (Å²) in [6.45, 7) is 5.26. The van der Waals surface area contributed by atoms with Crippen molar-refractivity contribution in [2.75, 3.05) is 17.2 Å². The first-order chi connectivity index (χ1) is 15.5. The van der Waals surface area contributed by atoms with E-state index in [9.17, 15) is 9.18 Å². The van der Waals surface area contributed by atoms with Crippen molar-refractivity contribution in [2.45, 2.75) is 38.1 Å². The molecule has 4 aromatic rings. The van der Waals surface area contributed by atoms with Gasteiger partial charge in [-0.15, -0.1) is 11.8 Å². The number of thiazole rings is 1. The molecule has 0 aliphatic heterocycles. The number of hydrogen-bond donors (Lipinski definition) is 0. The number of anilines is 1. The molecule has 0 unspecified atom stereocenters. The number of aromatic nitrogens is 3. The number of aryl methyl sites for hydroxylation is 2. The van der Waals surface area contributed by atoms with Gasteiger partial charge in [0, 0.05) is 30.3 Å². The lowest BCUT2D eigenvalue weighted by molar-refractivity contribution is -0.118. The number of amides is 1.